The van der Waals surface area contributed by atoms with Gasteiger partial charge >= 0.3 is 5.97 Å². The van der Waals surface area contributed by atoms with E-state index in [1.807, 2.05) is 19.9 Å². The number of carbonyl (C=O) groups is 1. The quantitative estimate of drug-likeness (QED) is 0.369. The third kappa shape index (κ3) is 5.01. The highest BCUT2D eigenvalue weighted by Crippen LogP contribution is 2.60. The van der Waals surface area contributed by atoms with Crippen molar-refractivity contribution in [3.8, 4) is 17.6 Å². The lowest BCUT2D eigenvalue weighted by molar-refractivity contribution is -0.149. The molecule has 1 fully saturated rings. The summed E-state index contributed by atoms with van der Waals surface area (Å²) in [7, 11) is 0. The Morgan fingerprint density at radius 1 is 1.21 bits per heavy atom. The summed E-state index contributed by atoms with van der Waals surface area (Å²) in [5.74, 6) is 0.533. The number of nitrogens with two attached hydrogens (primary N) is 1. The minimum absolute atomic E-state index is 0.0447. The number of ether oxygens (including phenoxy) is 2. The van der Waals surface area contributed by atoms with Crippen LogP contribution in [-0.4, -0.2) is 5.97 Å². The van der Waals surface area contributed by atoms with E-state index >= 15 is 0 Å². The van der Waals surface area contributed by atoms with Crippen LogP contribution in [0.1, 0.15) is 25.5 Å². The van der Waals surface area contributed by atoms with E-state index in [9.17, 15) is 10.1 Å². The summed E-state index contributed by atoms with van der Waals surface area (Å²) >= 11 is 6.67. The molecule has 1 aliphatic rings. The van der Waals surface area contributed by atoms with Gasteiger partial charge in [-0.15, -0.1) is 0 Å². The summed E-state index contributed by atoms with van der Waals surface area (Å²) in [4.78, 5) is 12.7. The number of benzene rings is 2. The van der Waals surface area contributed by atoms with Gasteiger partial charge in [-0.25, -0.2) is 0 Å². The molecule has 0 spiro atoms. The van der Waals surface area contributed by atoms with Crippen molar-refractivity contribution in [2.75, 3.05) is 5.73 Å². The number of anilines is 1. The smallest absolute Gasteiger partial charge is 0.311 e. The van der Waals surface area contributed by atoms with Crippen LogP contribution in [0.4, 0.5) is 5.69 Å². The molecule has 0 heterocycles. The summed E-state index contributed by atoms with van der Waals surface area (Å²) in [6.07, 6.45) is 0.930. The van der Waals surface area contributed by atoms with Crippen LogP contribution in [0, 0.1) is 28.6 Å². The van der Waals surface area contributed by atoms with E-state index in [1.165, 1.54) is 0 Å². The lowest BCUT2D eigenvalue weighted by Crippen LogP contribution is -2.14. The van der Waals surface area contributed by atoms with Gasteiger partial charge in [-0.05, 0) is 79.6 Å². The van der Waals surface area contributed by atoms with Crippen molar-refractivity contribution in [3.63, 3.8) is 0 Å². The number of hydrogen-bond donors (Lipinski definition) is 1. The number of allylic oxidation sites excluding steroid dienone is 1. The van der Waals surface area contributed by atoms with Crippen LogP contribution in [0.5, 0.6) is 11.5 Å². The summed E-state index contributed by atoms with van der Waals surface area (Å²) in [5, 5.41) is 9.57. The maximum atomic E-state index is 12.7. The zero-order valence-corrected chi connectivity index (χ0v) is 19.1. The van der Waals surface area contributed by atoms with Crippen molar-refractivity contribution in [3.05, 3.63) is 63.6 Å². The van der Waals surface area contributed by atoms with E-state index in [2.05, 4.69) is 37.9 Å². The first-order valence-electron chi connectivity index (χ1n) is 8.98. The first kappa shape index (κ1) is 21.4. The van der Waals surface area contributed by atoms with E-state index in [0.717, 1.165) is 3.39 Å². The van der Waals surface area contributed by atoms with Gasteiger partial charge in [0.2, 0.25) is 6.10 Å². The molecule has 2 aromatic rings. The molecule has 0 amide bonds. The van der Waals surface area contributed by atoms with Crippen LogP contribution >= 0.6 is 31.9 Å². The lowest BCUT2D eigenvalue weighted by Gasteiger charge is -2.13. The molecule has 1 aliphatic carbocycles. The van der Waals surface area contributed by atoms with Gasteiger partial charge in [0.05, 0.1) is 9.31 Å². The molecule has 7 heteroatoms. The molecule has 3 rings (SSSR count). The molecule has 0 aliphatic heterocycles. The third-order valence-corrected chi connectivity index (χ3v) is 5.63. The highest BCUT2D eigenvalue weighted by Gasteiger charge is 2.61. The summed E-state index contributed by atoms with van der Waals surface area (Å²) < 4.78 is 12.1. The number of rotatable bonds is 6. The predicted molar refractivity (Wildman–Crippen MR) is 119 cm³/mol. The molecule has 2 N–H and O–H groups in total. The molecular formula is C22H20Br2N2O3. The van der Waals surface area contributed by atoms with Gasteiger partial charge in [-0.1, -0.05) is 32.1 Å². The van der Waals surface area contributed by atoms with Gasteiger partial charge in [-0.2, -0.15) is 5.26 Å². The van der Waals surface area contributed by atoms with Gasteiger partial charge < -0.3 is 15.2 Å². The number of carbonyl (C=O) groups excluding carboxylic acids is 1. The molecule has 1 unspecified atom stereocenters. The van der Waals surface area contributed by atoms with Gasteiger partial charge in [0.15, 0.2) is 0 Å². The van der Waals surface area contributed by atoms with Gasteiger partial charge in [0, 0.05) is 11.3 Å². The van der Waals surface area contributed by atoms with E-state index < -0.39 is 6.10 Å². The van der Waals surface area contributed by atoms with Crippen molar-refractivity contribution in [2.45, 2.75) is 20.0 Å². The van der Waals surface area contributed by atoms with Crippen LogP contribution in [0.25, 0.3) is 0 Å². The monoisotopic (exact) mass is 518 g/mol. The Balaban J connectivity index is 1.72. The Morgan fingerprint density at radius 3 is 2.52 bits per heavy atom. The van der Waals surface area contributed by atoms with Gasteiger partial charge in [-0.3, -0.25) is 4.79 Å². The topological polar surface area (TPSA) is 85.3 Å². The van der Waals surface area contributed by atoms with Crippen LogP contribution in [0.15, 0.2) is 58.0 Å². The highest BCUT2D eigenvalue weighted by molar-refractivity contribution is 9.28. The Hall–Kier alpha value is -2.30. The Kier molecular flexibility index (Phi) is 6.35. The number of hydrogen-bond acceptors (Lipinski definition) is 5. The number of esters is 1. The van der Waals surface area contributed by atoms with Crippen molar-refractivity contribution in [1.29, 1.82) is 5.26 Å². The maximum absolute atomic E-state index is 12.7. The first-order valence-corrected chi connectivity index (χ1v) is 10.6. The van der Waals surface area contributed by atoms with Crippen LogP contribution in [0.2, 0.25) is 0 Å². The normalized spacial score (nSPS) is 20.1. The summed E-state index contributed by atoms with van der Waals surface area (Å²) in [5.41, 5.74) is 6.67. The fourth-order valence-electron chi connectivity index (χ4n) is 3.35. The summed E-state index contributed by atoms with van der Waals surface area (Å²) in [6, 6.07) is 16.0. The average Bonchev–Trinajstić information content (AvgIpc) is 3.21. The average molecular weight is 520 g/mol. The number of nitrogens with zero attached hydrogens (tertiary/aromatic N) is 1. The predicted octanol–water partition coefficient (Wildman–Crippen LogP) is 6.07. The van der Waals surface area contributed by atoms with Crippen LogP contribution in [-0.2, 0) is 9.53 Å². The Morgan fingerprint density at radius 2 is 1.90 bits per heavy atom. The number of halogens is 2. The third-order valence-electron chi connectivity index (χ3n) is 5.10. The zero-order chi connectivity index (χ0) is 21.2. The number of nitriles is 1. The van der Waals surface area contributed by atoms with Gasteiger partial charge in [0.25, 0.3) is 0 Å². The molecule has 0 aromatic heterocycles. The molecule has 2 aromatic carbocycles. The Labute approximate surface area is 186 Å². The van der Waals surface area contributed by atoms with E-state index in [0.29, 0.717) is 22.7 Å². The van der Waals surface area contributed by atoms with E-state index in [4.69, 9.17) is 15.2 Å². The largest absolute Gasteiger partial charge is 0.457 e. The zero-order valence-electron chi connectivity index (χ0n) is 15.9. The number of nitrogen functional groups attached to an aromatic ring is 1. The SMILES string of the molecule is CC1(C)[C@H](C(=O)OC(C#N)c2cccc(Oc3ccc(N)cc3)c2)[C@@H]1C=C(Br)Br. The van der Waals surface area contributed by atoms with Crippen LogP contribution in [0.3, 0.4) is 0 Å². The van der Waals surface area contributed by atoms with Crippen molar-refractivity contribution in [2.24, 2.45) is 17.3 Å². The fraction of sp³-hybridized carbons (Fsp3) is 0.273. The fourth-order valence-corrected chi connectivity index (χ4v) is 3.92. The lowest BCUT2D eigenvalue weighted by atomic mass is 10.1. The molecule has 0 bridgehead atoms. The minimum atomic E-state index is -1.01. The highest BCUT2D eigenvalue weighted by atomic mass is 79.9. The molecule has 150 valence electrons. The van der Waals surface area contributed by atoms with E-state index in [-0.39, 0.29) is 23.2 Å². The molecule has 3 atom stereocenters. The molecule has 5 nitrogen and oxygen atoms in total. The first-order chi connectivity index (χ1) is 13.7. The summed E-state index contributed by atoms with van der Waals surface area (Å²) in [6.45, 7) is 4.01. The Bertz CT molecular complexity index is 976. The minimum Gasteiger partial charge on any atom is -0.457 e. The van der Waals surface area contributed by atoms with Gasteiger partial charge in [0.1, 0.15) is 17.6 Å². The second kappa shape index (κ2) is 8.60. The molecule has 29 heavy (non-hydrogen) atoms. The van der Waals surface area contributed by atoms with Crippen molar-refractivity contribution >= 4 is 43.5 Å². The van der Waals surface area contributed by atoms with Crippen LogP contribution < -0.4 is 10.5 Å². The maximum Gasteiger partial charge on any atom is 0.311 e. The second-order valence-corrected chi connectivity index (χ2v) is 10.2. The molecule has 0 radical (unpaired) electrons. The molecule has 0 saturated heterocycles. The van der Waals surface area contributed by atoms with Crippen molar-refractivity contribution < 1.29 is 14.3 Å². The molecular weight excluding hydrogens is 500 g/mol. The molecule has 1 saturated carbocycles. The van der Waals surface area contributed by atoms with E-state index in [1.54, 1.807) is 48.5 Å². The second-order valence-electron chi connectivity index (χ2n) is 7.47. The standard InChI is InChI=1S/C22H20Br2N2O3/c1-22(2)17(11-19(23)24)20(22)21(27)29-18(12-25)13-4-3-5-16(10-13)28-15-8-6-14(26)7-9-15/h3-11,17-18,20H,26H2,1-2H3/t17-,18?,20-/m0/s1. The van der Waals surface area contributed by atoms with Crippen molar-refractivity contribution in [1.82, 2.24) is 0 Å².